The topological polar surface area (TPSA) is 32.8 Å². The highest BCUT2D eigenvalue weighted by atomic mass is 16.3. The predicted octanol–water partition coefficient (Wildman–Crippen LogP) is 19.2. The molecule has 0 spiro atoms. The minimum absolute atomic E-state index is 0.150. The summed E-state index contributed by atoms with van der Waals surface area (Å²) >= 11 is 0. The van der Waals surface area contributed by atoms with Gasteiger partial charge in [-0.2, -0.15) is 0 Å². The monoisotopic (exact) mass is 886 g/mol. The van der Waals surface area contributed by atoms with E-state index in [0.717, 1.165) is 105 Å². The van der Waals surface area contributed by atoms with Crippen LogP contribution < -0.4 is 9.80 Å². The van der Waals surface area contributed by atoms with Gasteiger partial charge in [0.1, 0.15) is 22.3 Å². The molecule has 69 heavy (non-hydrogen) atoms. The van der Waals surface area contributed by atoms with Gasteiger partial charge in [-0.15, -0.1) is 0 Å². The summed E-state index contributed by atoms with van der Waals surface area (Å²) < 4.78 is 13.9. The normalized spacial score (nSPS) is 11.8. The largest absolute Gasteiger partial charge is 0.456 e. The van der Waals surface area contributed by atoms with Gasteiger partial charge in [-0.05, 0) is 153 Å². The van der Waals surface area contributed by atoms with E-state index in [4.69, 9.17) is 8.83 Å². The number of nitrogens with zero attached hydrogens (tertiary/aromatic N) is 2. The average molecular weight is 887 g/mol. The third-order valence-corrected chi connectivity index (χ3v) is 13.7. The van der Waals surface area contributed by atoms with Gasteiger partial charge in [0.25, 0.3) is 0 Å². The molecule has 0 aliphatic heterocycles. The Kier molecular flexibility index (Phi) is 9.65. The van der Waals surface area contributed by atoms with Crippen molar-refractivity contribution in [3.05, 3.63) is 242 Å². The number of furan rings is 2. The summed E-state index contributed by atoms with van der Waals surface area (Å²) in [4.78, 5) is 4.67. The van der Waals surface area contributed by atoms with Crippen molar-refractivity contribution < 1.29 is 8.83 Å². The molecule has 0 fully saturated rings. The first-order chi connectivity index (χ1) is 34.0. The van der Waals surface area contributed by atoms with Crippen LogP contribution in [0.15, 0.2) is 245 Å². The molecule has 0 atom stereocenters. The molecule has 0 saturated heterocycles. The van der Waals surface area contributed by atoms with Crippen LogP contribution in [0, 0.1) is 0 Å². The third kappa shape index (κ3) is 7.08. The lowest BCUT2D eigenvalue weighted by molar-refractivity contribution is 0.638. The van der Waals surface area contributed by atoms with Crippen molar-refractivity contribution in [1.82, 2.24) is 0 Å². The fraction of sp³-hybridized carbons (Fsp3) is 0.0462. The smallest absolute Gasteiger partial charge is 0.142 e. The predicted molar refractivity (Wildman–Crippen MR) is 290 cm³/mol. The second kappa shape index (κ2) is 16.5. The lowest BCUT2D eigenvalue weighted by atomic mass is 9.95. The molecule has 11 aromatic carbocycles. The standard InChI is InChI=1S/C65H46N2O2/c1-42(2)63-64-59(57-37-47-29-31-55(35-49(47)39-61(57)68-64)66(51-23-11-5-12-24-51)53-27-15-21-45(33-53)43-17-7-3-8-18-43)41-60-58-38-48-30-32-56(36-50(48)40-62(58)69-65(60)63)67(52-25-13-6-14-26-52)54-28-16-22-46(34-54)44-19-9-4-10-20-44/h3-42H,1-2H3. The number of rotatable bonds is 9. The van der Waals surface area contributed by atoms with Crippen LogP contribution in [-0.2, 0) is 0 Å². The van der Waals surface area contributed by atoms with E-state index >= 15 is 0 Å². The number of fused-ring (bicyclic) bond motifs is 8. The Morgan fingerprint density at radius 2 is 0.667 bits per heavy atom. The number of benzene rings is 11. The molecular weight excluding hydrogens is 841 g/mol. The Morgan fingerprint density at radius 3 is 1.09 bits per heavy atom. The van der Waals surface area contributed by atoms with Crippen LogP contribution in [0.5, 0.6) is 0 Å². The summed E-state index contributed by atoms with van der Waals surface area (Å²) in [5.41, 5.74) is 15.8. The molecule has 0 bridgehead atoms. The molecule has 0 amide bonds. The van der Waals surface area contributed by atoms with E-state index < -0.39 is 0 Å². The lowest BCUT2D eigenvalue weighted by Gasteiger charge is -2.26. The molecule has 2 heterocycles. The van der Waals surface area contributed by atoms with Crippen molar-refractivity contribution in [2.24, 2.45) is 0 Å². The van der Waals surface area contributed by atoms with Gasteiger partial charge < -0.3 is 18.6 Å². The van der Waals surface area contributed by atoms with Crippen LogP contribution in [0.4, 0.5) is 34.1 Å². The zero-order valence-corrected chi connectivity index (χ0v) is 38.3. The van der Waals surface area contributed by atoms with E-state index in [1.807, 2.05) is 0 Å². The first-order valence-corrected chi connectivity index (χ1v) is 23.7. The molecule has 328 valence electrons. The quantitative estimate of drug-likeness (QED) is 0.145. The number of anilines is 6. The Hall–Kier alpha value is -8.86. The molecular formula is C65H46N2O2. The molecule has 4 nitrogen and oxygen atoms in total. The summed E-state index contributed by atoms with van der Waals surface area (Å²) in [6, 6.07) is 84.7. The summed E-state index contributed by atoms with van der Waals surface area (Å²) in [7, 11) is 0. The van der Waals surface area contributed by atoms with Gasteiger partial charge in [0.2, 0.25) is 0 Å². The van der Waals surface area contributed by atoms with Gasteiger partial charge in [0.05, 0.1) is 0 Å². The Labute approximate surface area is 400 Å². The van der Waals surface area contributed by atoms with Gasteiger partial charge in [-0.3, -0.25) is 0 Å². The van der Waals surface area contributed by atoms with Gasteiger partial charge in [-0.25, -0.2) is 0 Å². The third-order valence-electron chi connectivity index (χ3n) is 13.7. The number of hydrogen-bond donors (Lipinski definition) is 0. The molecule has 0 aliphatic rings. The Bertz CT molecular complexity index is 3780. The summed E-state index contributed by atoms with van der Waals surface area (Å²) in [6.07, 6.45) is 0. The van der Waals surface area contributed by atoms with Crippen molar-refractivity contribution >= 4 is 99.5 Å². The highest BCUT2D eigenvalue weighted by Gasteiger charge is 2.23. The van der Waals surface area contributed by atoms with E-state index in [9.17, 15) is 0 Å². The van der Waals surface area contributed by atoms with Crippen molar-refractivity contribution in [3.8, 4) is 22.3 Å². The zero-order valence-electron chi connectivity index (χ0n) is 38.3. The van der Waals surface area contributed by atoms with Crippen molar-refractivity contribution in [2.45, 2.75) is 19.8 Å². The molecule has 4 heteroatoms. The fourth-order valence-corrected chi connectivity index (χ4v) is 10.4. The van der Waals surface area contributed by atoms with Crippen molar-refractivity contribution in [3.63, 3.8) is 0 Å². The zero-order chi connectivity index (χ0) is 46.0. The number of para-hydroxylation sites is 2. The van der Waals surface area contributed by atoms with Crippen LogP contribution in [0.25, 0.3) is 87.7 Å². The molecule has 0 saturated carbocycles. The molecule has 0 aliphatic carbocycles. The molecule has 2 aromatic heterocycles. The Balaban J connectivity index is 0.919. The van der Waals surface area contributed by atoms with Gasteiger partial charge in [0, 0.05) is 61.2 Å². The van der Waals surface area contributed by atoms with Crippen LogP contribution in [0.2, 0.25) is 0 Å². The fourth-order valence-electron chi connectivity index (χ4n) is 10.4. The maximum Gasteiger partial charge on any atom is 0.142 e. The first kappa shape index (κ1) is 40.4. The first-order valence-electron chi connectivity index (χ1n) is 23.7. The van der Waals surface area contributed by atoms with E-state index in [1.165, 1.54) is 22.3 Å². The molecule has 13 aromatic rings. The molecule has 0 radical (unpaired) electrons. The van der Waals surface area contributed by atoms with Gasteiger partial charge in [0.15, 0.2) is 0 Å². The van der Waals surface area contributed by atoms with E-state index in [1.54, 1.807) is 0 Å². The number of hydrogen-bond acceptors (Lipinski definition) is 4. The Morgan fingerprint density at radius 1 is 0.290 bits per heavy atom. The maximum atomic E-state index is 6.95. The van der Waals surface area contributed by atoms with Gasteiger partial charge >= 0.3 is 0 Å². The maximum absolute atomic E-state index is 6.95. The van der Waals surface area contributed by atoms with Gasteiger partial charge in [-0.1, -0.05) is 147 Å². The lowest BCUT2D eigenvalue weighted by Crippen LogP contribution is -2.09. The highest BCUT2D eigenvalue weighted by molar-refractivity contribution is 6.20. The van der Waals surface area contributed by atoms with E-state index in [-0.39, 0.29) is 5.92 Å². The molecule has 0 unspecified atom stereocenters. The second-order valence-corrected chi connectivity index (χ2v) is 18.3. The minimum Gasteiger partial charge on any atom is -0.456 e. The summed E-state index contributed by atoms with van der Waals surface area (Å²) in [6.45, 7) is 4.46. The van der Waals surface area contributed by atoms with Crippen molar-refractivity contribution in [2.75, 3.05) is 9.80 Å². The molecule has 13 rings (SSSR count). The second-order valence-electron chi connectivity index (χ2n) is 18.3. The summed E-state index contributed by atoms with van der Waals surface area (Å²) in [5, 5.41) is 8.93. The SMILES string of the molecule is CC(C)c1c2oc3cc4cc(N(c5ccccc5)c5cccc(-c6ccccc6)c5)ccc4cc3c2cc2c1oc1cc3cc(N(c4ccccc4)c4cccc(-c5ccccc5)c4)ccc3cc12. The van der Waals surface area contributed by atoms with Crippen LogP contribution in [0.1, 0.15) is 25.3 Å². The molecule has 0 N–H and O–H groups in total. The van der Waals surface area contributed by atoms with E-state index in [2.05, 4.69) is 260 Å². The van der Waals surface area contributed by atoms with Crippen LogP contribution in [0.3, 0.4) is 0 Å². The average Bonchev–Trinajstić information content (AvgIpc) is 3.94. The van der Waals surface area contributed by atoms with E-state index in [0.29, 0.717) is 0 Å². The van der Waals surface area contributed by atoms with Crippen LogP contribution in [-0.4, -0.2) is 0 Å². The summed E-state index contributed by atoms with van der Waals surface area (Å²) in [5.74, 6) is 0.150. The highest BCUT2D eigenvalue weighted by Crippen LogP contribution is 2.46. The van der Waals surface area contributed by atoms with Crippen LogP contribution >= 0.6 is 0 Å². The van der Waals surface area contributed by atoms with Crippen molar-refractivity contribution in [1.29, 1.82) is 0 Å². The minimum atomic E-state index is 0.150.